The molecule has 1 unspecified atom stereocenters. The van der Waals surface area contributed by atoms with E-state index in [0.29, 0.717) is 31.7 Å². The van der Waals surface area contributed by atoms with E-state index in [1.165, 1.54) is 4.90 Å². The van der Waals surface area contributed by atoms with E-state index in [4.69, 9.17) is 0 Å². The molecule has 0 aromatic carbocycles. The Kier molecular flexibility index (Phi) is 3.11. The Hall–Kier alpha value is -2.42. The lowest BCUT2D eigenvalue weighted by atomic mass is 10.2. The van der Waals surface area contributed by atoms with E-state index in [1.54, 1.807) is 17.0 Å². The zero-order chi connectivity index (χ0) is 14.1. The van der Waals surface area contributed by atoms with Gasteiger partial charge in [-0.05, 0) is 6.08 Å². The number of amides is 2. The molecule has 2 amide bonds. The Bertz CT molecular complexity index is 569. The number of ether oxygens (including phenoxy) is 1. The van der Waals surface area contributed by atoms with E-state index in [9.17, 15) is 14.8 Å². The highest BCUT2D eigenvalue weighted by molar-refractivity contribution is 5.79. The van der Waals surface area contributed by atoms with Gasteiger partial charge in [-0.2, -0.15) is 5.06 Å². The fraction of sp³-hybridized carbons (Fsp3) is 0.455. The van der Waals surface area contributed by atoms with E-state index in [1.807, 2.05) is 0 Å². The second-order valence-electron chi connectivity index (χ2n) is 4.60. The number of hydrogen-bond acceptors (Lipinski definition) is 6. The lowest BCUT2D eigenvalue weighted by Gasteiger charge is -2.20. The van der Waals surface area contributed by atoms with Crippen molar-refractivity contribution in [3.63, 3.8) is 0 Å². The van der Waals surface area contributed by atoms with Crippen molar-refractivity contribution >= 4 is 18.2 Å². The maximum Gasteiger partial charge on any atom is 0.344 e. The third-order valence-corrected chi connectivity index (χ3v) is 3.30. The minimum absolute atomic E-state index is 0.249. The number of aromatic nitrogens is 3. The van der Waals surface area contributed by atoms with Gasteiger partial charge in [0.25, 0.3) is 6.47 Å². The van der Waals surface area contributed by atoms with Crippen LogP contribution in [0.1, 0.15) is 5.69 Å². The summed E-state index contributed by atoms with van der Waals surface area (Å²) in [6.45, 7) is 1.49. The van der Waals surface area contributed by atoms with Gasteiger partial charge in [-0.25, -0.2) is 9.48 Å². The van der Waals surface area contributed by atoms with Crippen LogP contribution in [0.2, 0.25) is 0 Å². The van der Waals surface area contributed by atoms with E-state index in [2.05, 4.69) is 15.0 Å². The molecule has 2 bridgehead atoms. The minimum atomic E-state index is -0.402. The van der Waals surface area contributed by atoms with Crippen LogP contribution < -0.4 is 0 Å². The second kappa shape index (κ2) is 4.93. The quantitative estimate of drug-likeness (QED) is 0.436. The van der Waals surface area contributed by atoms with Crippen LogP contribution in [0.4, 0.5) is 4.79 Å². The number of fused-ring (bicyclic) bond motifs is 2. The molecule has 3 heterocycles. The zero-order valence-electron chi connectivity index (χ0n) is 10.5. The first kappa shape index (κ1) is 12.6. The maximum atomic E-state index is 11.6. The second-order valence-corrected chi connectivity index (χ2v) is 4.60. The van der Waals surface area contributed by atoms with Gasteiger partial charge in [0, 0.05) is 13.0 Å². The molecular weight excluding hydrogens is 266 g/mol. The molecule has 9 nitrogen and oxygen atoms in total. The highest BCUT2D eigenvalue weighted by atomic mass is 16.5. The third kappa shape index (κ3) is 2.11. The summed E-state index contributed by atoms with van der Waals surface area (Å²) in [6.07, 6.45) is 3.99. The molecular formula is C11H13N5O4. The molecule has 9 heteroatoms. The number of rotatable bonds is 5. The van der Waals surface area contributed by atoms with Crippen LogP contribution >= 0.6 is 0 Å². The lowest BCUT2D eigenvalue weighted by Crippen LogP contribution is -2.31. The predicted octanol–water partition coefficient (Wildman–Crippen LogP) is -0.656. The van der Waals surface area contributed by atoms with Gasteiger partial charge >= 0.3 is 6.03 Å². The molecule has 1 fully saturated rings. The molecule has 0 saturated carbocycles. The van der Waals surface area contributed by atoms with Crippen molar-refractivity contribution in [1.29, 1.82) is 0 Å². The summed E-state index contributed by atoms with van der Waals surface area (Å²) < 4.78 is 6.17. The molecule has 0 radical (unpaired) electrons. The Balaban J connectivity index is 1.72. The Morgan fingerprint density at radius 1 is 1.55 bits per heavy atom. The van der Waals surface area contributed by atoms with Gasteiger partial charge in [0.1, 0.15) is 0 Å². The van der Waals surface area contributed by atoms with E-state index in [-0.39, 0.29) is 12.6 Å². The summed E-state index contributed by atoms with van der Waals surface area (Å²) in [5.41, 5.74) is 1.47. The number of hydrogen-bond donors (Lipinski definition) is 1. The molecule has 0 spiro atoms. The van der Waals surface area contributed by atoms with Gasteiger partial charge in [-0.15, -0.1) is 5.10 Å². The number of carbonyl (C=O) groups is 2. The van der Waals surface area contributed by atoms with Crippen molar-refractivity contribution in [2.75, 3.05) is 19.7 Å². The molecule has 2 aliphatic heterocycles. The Morgan fingerprint density at radius 3 is 3.15 bits per heavy atom. The normalized spacial score (nSPS) is 21.1. The van der Waals surface area contributed by atoms with Gasteiger partial charge in [0.15, 0.2) is 0 Å². The largest absolute Gasteiger partial charge is 0.467 e. The smallest absolute Gasteiger partial charge is 0.344 e. The number of hydroxylamine groups is 2. The molecule has 106 valence electrons. The first-order valence-electron chi connectivity index (χ1n) is 6.13. The summed E-state index contributed by atoms with van der Waals surface area (Å²) in [5.74, 6) is 0. The summed E-state index contributed by atoms with van der Waals surface area (Å²) in [4.78, 5) is 23.2. The standard InChI is InChI=1S/C11H13N5O4/c17-7-20-2-1-8-4-15(13-12-8)9-3-10-6-14(5-9)11(18)16(10)19/h3-4,7,10,19H,1-2,5-6H2. The van der Waals surface area contributed by atoms with Crippen LogP contribution in [0.25, 0.3) is 5.70 Å². The van der Waals surface area contributed by atoms with Gasteiger partial charge in [0.05, 0.1) is 36.8 Å². The summed E-state index contributed by atoms with van der Waals surface area (Å²) in [5, 5.41) is 18.3. The molecule has 1 N–H and O–H groups in total. The number of carbonyl (C=O) groups excluding carboxylic acids is 2. The highest BCUT2D eigenvalue weighted by Gasteiger charge is 2.39. The van der Waals surface area contributed by atoms with E-state index >= 15 is 0 Å². The Morgan fingerprint density at radius 2 is 2.40 bits per heavy atom. The van der Waals surface area contributed by atoms with Gasteiger partial charge < -0.3 is 9.64 Å². The Labute approximate surface area is 114 Å². The lowest BCUT2D eigenvalue weighted by molar-refractivity contribution is -0.128. The summed E-state index contributed by atoms with van der Waals surface area (Å²) in [7, 11) is 0. The monoisotopic (exact) mass is 279 g/mol. The minimum Gasteiger partial charge on any atom is -0.467 e. The van der Waals surface area contributed by atoms with Crippen LogP contribution in [0.5, 0.6) is 0 Å². The number of urea groups is 1. The van der Waals surface area contributed by atoms with E-state index < -0.39 is 6.03 Å². The first-order valence-corrected chi connectivity index (χ1v) is 6.13. The molecule has 2 aliphatic rings. The van der Waals surface area contributed by atoms with Crippen LogP contribution in [0.3, 0.4) is 0 Å². The van der Waals surface area contributed by atoms with Crippen LogP contribution in [0.15, 0.2) is 12.3 Å². The highest BCUT2D eigenvalue weighted by Crippen LogP contribution is 2.24. The van der Waals surface area contributed by atoms with Gasteiger partial charge in [0.2, 0.25) is 0 Å². The van der Waals surface area contributed by atoms with E-state index in [0.717, 1.165) is 10.8 Å². The van der Waals surface area contributed by atoms with Crippen molar-refractivity contribution in [3.05, 3.63) is 18.0 Å². The molecule has 1 aromatic rings. The maximum absolute atomic E-state index is 11.6. The van der Waals surface area contributed by atoms with Gasteiger partial charge in [-0.1, -0.05) is 5.21 Å². The average molecular weight is 279 g/mol. The fourth-order valence-corrected chi connectivity index (χ4v) is 2.31. The van der Waals surface area contributed by atoms with Crippen LogP contribution in [-0.4, -0.2) is 68.4 Å². The predicted molar refractivity (Wildman–Crippen MR) is 64.4 cm³/mol. The zero-order valence-corrected chi connectivity index (χ0v) is 10.5. The molecule has 1 saturated heterocycles. The SMILES string of the molecule is O=COCCc1cn(C2=CC3CN(C2)C(=O)N3O)nn1. The molecule has 1 atom stereocenters. The fourth-order valence-electron chi connectivity index (χ4n) is 2.31. The van der Waals surface area contributed by atoms with Crippen LogP contribution in [0, 0.1) is 0 Å². The van der Waals surface area contributed by atoms with Crippen molar-refractivity contribution in [2.24, 2.45) is 0 Å². The summed E-state index contributed by atoms with van der Waals surface area (Å²) in [6, 6.07) is -0.752. The van der Waals surface area contributed by atoms with Gasteiger partial charge in [-0.3, -0.25) is 10.0 Å². The third-order valence-electron chi connectivity index (χ3n) is 3.30. The molecule has 20 heavy (non-hydrogen) atoms. The van der Waals surface area contributed by atoms with Crippen molar-refractivity contribution < 1.29 is 19.5 Å². The topological polar surface area (TPSA) is 101 Å². The number of nitrogens with zero attached hydrogens (tertiary/aromatic N) is 5. The molecule has 1 aromatic heterocycles. The van der Waals surface area contributed by atoms with Crippen molar-refractivity contribution in [1.82, 2.24) is 25.0 Å². The van der Waals surface area contributed by atoms with Crippen molar-refractivity contribution in [2.45, 2.75) is 12.5 Å². The van der Waals surface area contributed by atoms with Crippen LogP contribution in [-0.2, 0) is 16.0 Å². The average Bonchev–Trinajstić information content (AvgIpc) is 3.00. The van der Waals surface area contributed by atoms with Crippen molar-refractivity contribution in [3.8, 4) is 0 Å². The molecule has 3 rings (SSSR count). The summed E-state index contributed by atoms with van der Waals surface area (Å²) >= 11 is 0. The first-order chi connectivity index (χ1) is 9.69. The molecule has 0 aliphatic carbocycles.